The van der Waals surface area contributed by atoms with Crippen molar-refractivity contribution >= 4 is 11.4 Å². The standard InChI is InChI=1S/C13H15N3O3/c17-16(18)12-5-3-11(4-6-12)15-8-7-14-10-13-2-1-9-19-13/h1-6,9,14-15H,7-8,10H2. The molecule has 2 N–H and O–H groups in total. The van der Waals surface area contributed by atoms with Crippen molar-refractivity contribution in [3.05, 3.63) is 58.5 Å². The smallest absolute Gasteiger partial charge is 0.269 e. The average molecular weight is 261 g/mol. The third kappa shape index (κ3) is 4.11. The van der Waals surface area contributed by atoms with E-state index in [0.29, 0.717) is 6.54 Å². The van der Waals surface area contributed by atoms with Gasteiger partial charge >= 0.3 is 0 Å². The summed E-state index contributed by atoms with van der Waals surface area (Å²) in [5.41, 5.74) is 0.965. The lowest BCUT2D eigenvalue weighted by Crippen LogP contribution is -2.21. The highest BCUT2D eigenvalue weighted by atomic mass is 16.6. The molecule has 2 rings (SSSR count). The Bertz CT molecular complexity index is 508. The minimum Gasteiger partial charge on any atom is -0.468 e. The van der Waals surface area contributed by atoms with Crippen LogP contribution in [0.4, 0.5) is 11.4 Å². The third-order valence-electron chi connectivity index (χ3n) is 2.59. The van der Waals surface area contributed by atoms with Gasteiger partial charge in [0.1, 0.15) is 5.76 Å². The van der Waals surface area contributed by atoms with E-state index in [0.717, 1.165) is 24.5 Å². The van der Waals surface area contributed by atoms with E-state index in [4.69, 9.17) is 4.42 Å². The molecule has 0 fully saturated rings. The van der Waals surface area contributed by atoms with Gasteiger partial charge < -0.3 is 15.1 Å². The lowest BCUT2D eigenvalue weighted by Gasteiger charge is -2.06. The fourth-order valence-electron chi connectivity index (χ4n) is 1.62. The van der Waals surface area contributed by atoms with Crippen LogP contribution in [0.1, 0.15) is 5.76 Å². The number of benzene rings is 1. The minimum absolute atomic E-state index is 0.0986. The summed E-state index contributed by atoms with van der Waals surface area (Å²) in [7, 11) is 0. The van der Waals surface area contributed by atoms with Crippen molar-refractivity contribution in [1.29, 1.82) is 0 Å². The van der Waals surface area contributed by atoms with Crippen LogP contribution in [0, 0.1) is 10.1 Å². The van der Waals surface area contributed by atoms with Gasteiger partial charge in [0.2, 0.25) is 0 Å². The number of furan rings is 1. The van der Waals surface area contributed by atoms with Crippen LogP contribution in [-0.4, -0.2) is 18.0 Å². The number of hydrogen-bond donors (Lipinski definition) is 2. The van der Waals surface area contributed by atoms with Gasteiger partial charge in [-0.15, -0.1) is 0 Å². The van der Waals surface area contributed by atoms with Crippen molar-refractivity contribution in [2.45, 2.75) is 6.54 Å². The van der Waals surface area contributed by atoms with Crippen molar-refractivity contribution in [2.24, 2.45) is 0 Å². The van der Waals surface area contributed by atoms with Gasteiger partial charge in [-0.1, -0.05) is 0 Å². The van der Waals surface area contributed by atoms with Crippen molar-refractivity contribution in [2.75, 3.05) is 18.4 Å². The van der Waals surface area contributed by atoms with Crippen molar-refractivity contribution in [3.63, 3.8) is 0 Å². The van der Waals surface area contributed by atoms with Gasteiger partial charge in [0.15, 0.2) is 0 Å². The number of nitro groups is 1. The molecule has 0 aliphatic carbocycles. The maximum absolute atomic E-state index is 10.5. The maximum Gasteiger partial charge on any atom is 0.269 e. The van der Waals surface area contributed by atoms with Gasteiger partial charge in [0.25, 0.3) is 5.69 Å². The molecule has 1 aromatic carbocycles. The molecule has 0 spiro atoms. The Morgan fingerprint density at radius 2 is 1.95 bits per heavy atom. The summed E-state index contributed by atoms with van der Waals surface area (Å²) in [6.45, 7) is 2.20. The maximum atomic E-state index is 10.5. The molecule has 0 bridgehead atoms. The van der Waals surface area contributed by atoms with Crippen LogP contribution in [0.5, 0.6) is 0 Å². The summed E-state index contributed by atoms with van der Waals surface area (Å²) in [6.07, 6.45) is 1.64. The van der Waals surface area contributed by atoms with Crippen LogP contribution >= 0.6 is 0 Å². The summed E-state index contributed by atoms with van der Waals surface area (Å²) >= 11 is 0. The molecule has 6 nitrogen and oxygen atoms in total. The molecular formula is C13H15N3O3. The van der Waals surface area contributed by atoms with Gasteiger partial charge in [-0.05, 0) is 24.3 Å². The Hall–Kier alpha value is -2.34. The number of nitrogens with one attached hydrogen (secondary N) is 2. The molecule has 0 saturated heterocycles. The Morgan fingerprint density at radius 1 is 1.16 bits per heavy atom. The van der Waals surface area contributed by atoms with E-state index in [-0.39, 0.29) is 5.69 Å². The Labute approximate surface area is 110 Å². The topological polar surface area (TPSA) is 80.3 Å². The second kappa shape index (κ2) is 6.55. The predicted octanol–water partition coefficient (Wildman–Crippen LogP) is 2.39. The molecule has 1 heterocycles. The molecule has 19 heavy (non-hydrogen) atoms. The molecule has 0 saturated carbocycles. The summed E-state index contributed by atoms with van der Waals surface area (Å²) in [6, 6.07) is 10.1. The van der Waals surface area contributed by atoms with E-state index in [1.54, 1.807) is 18.4 Å². The van der Waals surface area contributed by atoms with E-state index < -0.39 is 4.92 Å². The van der Waals surface area contributed by atoms with Crippen molar-refractivity contribution in [3.8, 4) is 0 Å². The van der Waals surface area contributed by atoms with Crippen LogP contribution in [0.15, 0.2) is 47.1 Å². The van der Waals surface area contributed by atoms with Gasteiger partial charge in [-0.3, -0.25) is 10.1 Å². The largest absolute Gasteiger partial charge is 0.468 e. The quantitative estimate of drug-likeness (QED) is 0.454. The zero-order valence-corrected chi connectivity index (χ0v) is 10.3. The van der Waals surface area contributed by atoms with Crippen molar-refractivity contribution < 1.29 is 9.34 Å². The second-order valence-corrected chi connectivity index (χ2v) is 3.99. The molecule has 0 aliphatic heterocycles. The molecule has 0 atom stereocenters. The summed E-state index contributed by atoms with van der Waals surface area (Å²) in [5.74, 6) is 0.898. The minimum atomic E-state index is -0.408. The van der Waals surface area contributed by atoms with Crippen LogP contribution in [0.2, 0.25) is 0 Å². The monoisotopic (exact) mass is 261 g/mol. The number of nitrogens with zero attached hydrogens (tertiary/aromatic N) is 1. The second-order valence-electron chi connectivity index (χ2n) is 3.99. The number of nitro benzene ring substituents is 1. The molecule has 2 aromatic rings. The average Bonchev–Trinajstić information content (AvgIpc) is 2.92. The van der Waals surface area contributed by atoms with E-state index in [1.807, 2.05) is 12.1 Å². The Morgan fingerprint density at radius 3 is 2.58 bits per heavy atom. The first-order valence-electron chi connectivity index (χ1n) is 5.97. The highest BCUT2D eigenvalue weighted by Crippen LogP contribution is 2.14. The molecule has 100 valence electrons. The van der Waals surface area contributed by atoms with Gasteiger partial charge in [0.05, 0.1) is 17.7 Å². The summed E-state index contributed by atoms with van der Waals surface area (Å²) in [4.78, 5) is 10.1. The first kappa shape index (κ1) is 13.1. The Balaban J connectivity index is 1.66. The Kier molecular flexibility index (Phi) is 4.52. The van der Waals surface area contributed by atoms with Crippen molar-refractivity contribution in [1.82, 2.24) is 5.32 Å². The molecule has 6 heteroatoms. The zero-order valence-electron chi connectivity index (χ0n) is 10.3. The molecule has 0 aliphatic rings. The normalized spacial score (nSPS) is 10.3. The highest BCUT2D eigenvalue weighted by molar-refractivity contribution is 5.48. The third-order valence-corrected chi connectivity index (χ3v) is 2.59. The molecule has 0 radical (unpaired) electrons. The highest BCUT2D eigenvalue weighted by Gasteiger charge is 2.03. The molecule has 1 aromatic heterocycles. The molecular weight excluding hydrogens is 246 g/mol. The zero-order chi connectivity index (χ0) is 13.5. The SMILES string of the molecule is O=[N+]([O-])c1ccc(NCCNCc2ccco2)cc1. The van der Waals surface area contributed by atoms with E-state index in [1.165, 1.54) is 12.1 Å². The van der Waals surface area contributed by atoms with Gasteiger partial charge in [0, 0.05) is 30.9 Å². The molecule has 0 unspecified atom stereocenters. The number of anilines is 1. The van der Waals surface area contributed by atoms with E-state index in [2.05, 4.69) is 10.6 Å². The van der Waals surface area contributed by atoms with Gasteiger partial charge in [-0.2, -0.15) is 0 Å². The summed E-state index contributed by atoms with van der Waals surface area (Å²) in [5, 5.41) is 16.9. The van der Waals surface area contributed by atoms with Gasteiger partial charge in [-0.25, -0.2) is 0 Å². The number of non-ortho nitro benzene ring substituents is 1. The van der Waals surface area contributed by atoms with E-state index >= 15 is 0 Å². The first-order valence-corrected chi connectivity index (χ1v) is 5.97. The van der Waals surface area contributed by atoms with Crippen LogP contribution < -0.4 is 10.6 Å². The predicted molar refractivity (Wildman–Crippen MR) is 72.0 cm³/mol. The van der Waals surface area contributed by atoms with Crippen LogP contribution in [0.25, 0.3) is 0 Å². The summed E-state index contributed by atoms with van der Waals surface area (Å²) < 4.78 is 5.19. The first-order chi connectivity index (χ1) is 9.25. The number of rotatable bonds is 7. The van der Waals surface area contributed by atoms with Crippen LogP contribution in [0.3, 0.4) is 0 Å². The lowest BCUT2D eigenvalue weighted by atomic mass is 10.3. The van der Waals surface area contributed by atoms with E-state index in [9.17, 15) is 10.1 Å². The van der Waals surface area contributed by atoms with Crippen LogP contribution in [-0.2, 0) is 6.54 Å². The number of hydrogen-bond acceptors (Lipinski definition) is 5. The fraction of sp³-hybridized carbons (Fsp3) is 0.231. The molecule has 0 amide bonds. The lowest BCUT2D eigenvalue weighted by molar-refractivity contribution is -0.384. The fourth-order valence-corrected chi connectivity index (χ4v) is 1.62.